The molecule has 0 spiro atoms. The van der Waals surface area contributed by atoms with Crippen molar-refractivity contribution in [3.8, 4) is 11.3 Å². The number of nitrogens with zero attached hydrogens (tertiary/aromatic N) is 1. The number of carboxylic acids is 1. The van der Waals surface area contributed by atoms with Crippen LogP contribution in [-0.2, 0) is 4.79 Å². The van der Waals surface area contributed by atoms with E-state index in [0.717, 1.165) is 12.0 Å². The number of aromatic amines is 1. The van der Waals surface area contributed by atoms with E-state index in [4.69, 9.17) is 16.7 Å². The fraction of sp³-hybridized carbons (Fsp3) is 0.312. The van der Waals surface area contributed by atoms with Crippen LogP contribution in [0.2, 0.25) is 5.02 Å². The van der Waals surface area contributed by atoms with Crippen molar-refractivity contribution >= 4 is 23.5 Å². The third-order valence-electron chi connectivity index (χ3n) is 3.47. The minimum Gasteiger partial charge on any atom is -0.481 e. The number of carboxylic acid groups (broad SMARTS) is 1. The summed E-state index contributed by atoms with van der Waals surface area (Å²) in [6.07, 6.45) is 1.26. The molecule has 2 rings (SSSR count). The van der Waals surface area contributed by atoms with Crippen LogP contribution in [0.15, 0.2) is 30.3 Å². The molecule has 1 atom stereocenters. The zero-order chi connectivity index (χ0) is 16.8. The maximum atomic E-state index is 12.1. The van der Waals surface area contributed by atoms with Crippen molar-refractivity contribution in [3.63, 3.8) is 0 Å². The Bertz CT molecular complexity index is 699. The highest BCUT2D eigenvalue weighted by molar-refractivity contribution is 6.33. The zero-order valence-electron chi connectivity index (χ0n) is 12.7. The summed E-state index contributed by atoms with van der Waals surface area (Å²) in [4.78, 5) is 23.2. The van der Waals surface area contributed by atoms with Gasteiger partial charge in [0.2, 0.25) is 0 Å². The maximum Gasteiger partial charge on any atom is 0.308 e. The van der Waals surface area contributed by atoms with Gasteiger partial charge in [0.15, 0.2) is 0 Å². The first-order valence-electron chi connectivity index (χ1n) is 7.34. The largest absolute Gasteiger partial charge is 0.481 e. The van der Waals surface area contributed by atoms with Crippen LogP contribution in [0.3, 0.4) is 0 Å². The summed E-state index contributed by atoms with van der Waals surface area (Å²) >= 11 is 6.10. The molecule has 7 heteroatoms. The Kier molecular flexibility index (Phi) is 5.76. The third kappa shape index (κ3) is 4.32. The third-order valence-corrected chi connectivity index (χ3v) is 3.80. The quantitative estimate of drug-likeness (QED) is 0.725. The summed E-state index contributed by atoms with van der Waals surface area (Å²) in [5, 5.41) is 19.0. The van der Waals surface area contributed by atoms with Gasteiger partial charge in [-0.2, -0.15) is 5.10 Å². The summed E-state index contributed by atoms with van der Waals surface area (Å²) in [6.45, 7) is 1.99. The Morgan fingerprint density at radius 2 is 2.13 bits per heavy atom. The van der Waals surface area contributed by atoms with E-state index in [2.05, 4.69) is 15.5 Å². The molecule has 1 aromatic heterocycles. The van der Waals surface area contributed by atoms with E-state index in [0.29, 0.717) is 17.1 Å². The van der Waals surface area contributed by atoms with Crippen LogP contribution in [0.1, 0.15) is 30.3 Å². The number of amides is 1. The number of H-pyrrole nitrogens is 1. The lowest BCUT2D eigenvalue weighted by Gasteiger charge is -2.11. The molecule has 23 heavy (non-hydrogen) atoms. The van der Waals surface area contributed by atoms with E-state index in [-0.39, 0.29) is 12.2 Å². The molecule has 122 valence electrons. The average molecular weight is 336 g/mol. The Hall–Kier alpha value is -2.34. The molecule has 1 aromatic carbocycles. The van der Waals surface area contributed by atoms with Gasteiger partial charge in [-0.3, -0.25) is 14.7 Å². The van der Waals surface area contributed by atoms with Crippen LogP contribution in [0.4, 0.5) is 0 Å². The molecule has 1 amide bonds. The molecule has 0 saturated heterocycles. The molecule has 0 saturated carbocycles. The smallest absolute Gasteiger partial charge is 0.308 e. The minimum atomic E-state index is -0.909. The van der Waals surface area contributed by atoms with Gasteiger partial charge in [0.05, 0.1) is 16.6 Å². The minimum absolute atomic E-state index is 0.0858. The Morgan fingerprint density at radius 3 is 2.78 bits per heavy atom. The second-order valence-corrected chi connectivity index (χ2v) is 5.59. The Balaban J connectivity index is 2.04. The standard InChI is InChI=1S/C16H18ClN3O3/c1-2-5-10(16(22)23)9-18-15(21)14-8-13(19-20-14)11-6-3-4-7-12(11)17/h3-4,6-8,10H,2,5,9H2,1H3,(H,18,21)(H,19,20)(H,22,23). The normalized spacial score (nSPS) is 11.9. The topological polar surface area (TPSA) is 95.1 Å². The van der Waals surface area contributed by atoms with Gasteiger partial charge in [0.25, 0.3) is 5.91 Å². The molecule has 0 fully saturated rings. The maximum absolute atomic E-state index is 12.1. The Labute approximate surface area is 138 Å². The molecule has 6 nitrogen and oxygen atoms in total. The summed E-state index contributed by atoms with van der Waals surface area (Å²) in [5.41, 5.74) is 1.54. The predicted octanol–water partition coefficient (Wildman–Crippen LogP) is 2.96. The van der Waals surface area contributed by atoms with Crippen molar-refractivity contribution < 1.29 is 14.7 Å². The lowest BCUT2D eigenvalue weighted by molar-refractivity contribution is -0.141. The highest BCUT2D eigenvalue weighted by atomic mass is 35.5. The molecule has 1 unspecified atom stereocenters. The number of hydrogen-bond donors (Lipinski definition) is 3. The van der Waals surface area contributed by atoms with Crippen molar-refractivity contribution in [2.24, 2.45) is 5.92 Å². The molecule has 0 aliphatic carbocycles. The molecule has 2 aromatic rings. The van der Waals surface area contributed by atoms with E-state index >= 15 is 0 Å². The van der Waals surface area contributed by atoms with Crippen LogP contribution in [-0.4, -0.2) is 33.7 Å². The van der Waals surface area contributed by atoms with E-state index in [9.17, 15) is 9.59 Å². The molecular weight excluding hydrogens is 318 g/mol. The number of aromatic nitrogens is 2. The van der Waals surface area contributed by atoms with Gasteiger partial charge in [-0.25, -0.2) is 0 Å². The fourth-order valence-electron chi connectivity index (χ4n) is 2.22. The van der Waals surface area contributed by atoms with Crippen molar-refractivity contribution in [3.05, 3.63) is 41.0 Å². The molecule has 1 heterocycles. The molecule has 0 bridgehead atoms. The SMILES string of the molecule is CCCC(CNC(=O)c1cc(-c2ccccc2Cl)n[nH]1)C(=O)O. The average Bonchev–Trinajstić information content (AvgIpc) is 3.01. The number of carbonyl (C=O) groups excluding carboxylic acids is 1. The van der Waals surface area contributed by atoms with Crippen LogP contribution >= 0.6 is 11.6 Å². The number of benzene rings is 1. The van der Waals surface area contributed by atoms with Crippen molar-refractivity contribution in [2.45, 2.75) is 19.8 Å². The second kappa shape index (κ2) is 7.78. The number of carbonyl (C=O) groups is 2. The van der Waals surface area contributed by atoms with E-state index in [1.165, 1.54) is 0 Å². The highest BCUT2D eigenvalue weighted by Gasteiger charge is 2.19. The number of halogens is 1. The van der Waals surface area contributed by atoms with Gasteiger partial charge in [-0.1, -0.05) is 43.1 Å². The van der Waals surface area contributed by atoms with Crippen LogP contribution in [0.25, 0.3) is 11.3 Å². The van der Waals surface area contributed by atoms with E-state index < -0.39 is 17.8 Å². The molecule has 3 N–H and O–H groups in total. The van der Waals surface area contributed by atoms with Crippen molar-refractivity contribution in [2.75, 3.05) is 6.54 Å². The van der Waals surface area contributed by atoms with Crippen LogP contribution < -0.4 is 5.32 Å². The predicted molar refractivity (Wildman–Crippen MR) is 87.4 cm³/mol. The zero-order valence-corrected chi connectivity index (χ0v) is 13.4. The van der Waals surface area contributed by atoms with Crippen molar-refractivity contribution in [1.29, 1.82) is 0 Å². The van der Waals surface area contributed by atoms with E-state index in [1.54, 1.807) is 12.1 Å². The number of hydrogen-bond acceptors (Lipinski definition) is 3. The lowest BCUT2D eigenvalue weighted by atomic mass is 10.0. The summed E-state index contributed by atoms with van der Waals surface area (Å²) in [5.74, 6) is -1.89. The lowest BCUT2D eigenvalue weighted by Crippen LogP contribution is -2.33. The first kappa shape index (κ1) is 17.0. The highest BCUT2D eigenvalue weighted by Crippen LogP contribution is 2.26. The molecular formula is C16H18ClN3O3. The summed E-state index contributed by atoms with van der Waals surface area (Å²) < 4.78 is 0. The van der Waals surface area contributed by atoms with Gasteiger partial charge in [-0.05, 0) is 18.6 Å². The number of rotatable bonds is 7. The van der Waals surface area contributed by atoms with Gasteiger partial charge >= 0.3 is 5.97 Å². The monoisotopic (exact) mass is 335 g/mol. The molecule has 0 aliphatic rings. The molecule has 0 radical (unpaired) electrons. The first-order valence-corrected chi connectivity index (χ1v) is 7.72. The van der Waals surface area contributed by atoms with Gasteiger partial charge < -0.3 is 10.4 Å². The number of aliphatic carboxylic acids is 1. The van der Waals surface area contributed by atoms with Gasteiger partial charge in [-0.15, -0.1) is 0 Å². The Morgan fingerprint density at radius 1 is 1.39 bits per heavy atom. The fourth-order valence-corrected chi connectivity index (χ4v) is 2.45. The van der Waals surface area contributed by atoms with E-state index in [1.807, 2.05) is 25.1 Å². The molecule has 0 aliphatic heterocycles. The van der Waals surface area contributed by atoms with Gasteiger partial charge in [0.1, 0.15) is 5.69 Å². The van der Waals surface area contributed by atoms with Crippen LogP contribution in [0, 0.1) is 5.92 Å². The second-order valence-electron chi connectivity index (χ2n) is 5.18. The van der Waals surface area contributed by atoms with Crippen LogP contribution in [0.5, 0.6) is 0 Å². The summed E-state index contributed by atoms with van der Waals surface area (Å²) in [6, 6.07) is 8.78. The number of nitrogens with one attached hydrogen (secondary N) is 2. The van der Waals surface area contributed by atoms with Crippen molar-refractivity contribution in [1.82, 2.24) is 15.5 Å². The first-order chi connectivity index (χ1) is 11.0. The summed E-state index contributed by atoms with van der Waals surface area (Å²) in [7, 11) is 0. The van der Waals surface area contributed by atoms with Gasteiger partial charge in [0, 0.05) is 12.1 Å².